The molecule has 11 heteroatoms. The average molecular weight is 345 g/mol. The molecule has 22 heavy (non-hydrogen) atoms. The molecule has 1 aromatic carbocycles. The van der Waals surface area contributed by atoms with E-state index in [9.17, 15) is 35.3 Å². The largest absolute Gasteiger partial charge is 0.743 e. The quantitative estimate of drug-likeness (QED) is 0.478. The zero-order chi connectivity index (χ0) is 17.2. The summed E-state index contributed by atoms with van der Waals surface area (Å²) in [6.45, 7) is -1.24. The number of esters is 1. The number of carbonyl (C=O) groups excluding carboxylic acids is 1. The molecule has 0 saturated carbocycles. The van der Waals surface area contributed by atoms with E-state index in [2.05, 4.69) is 4.74 Å². The maximum atomic E-state index is 13.0. The van der Waals surface area contributed by atoms with E-state index in [1.807, 2.05) is 0 Å². The number of alkyl halides is 4. The normalized spacial score (nSPS) is 13.0. The van der Waals surface area contributed by atoms with Crippen molar-refractivity contribution >= 4 is 16.1 Å². The Hall–Kier alpha value is -1.88. The second kappa shape index (κ2) is 6.08. The highest BCUT2D eigenvalue weighted by Crippen LogP contribution is 2.40. The van der Waals surface area contributed by atoms with Crippen LogP contribution in [0.5, 0.6) is 5.75 Å². The number of hydrogen-bond acceptors (Lipinski definition) is 6. The molecule has 0 aliphatic rings. The first-order valence-corrected chi connectivity index (χ1v) is 6.96. The Morgan fingerprint density at radius 2 is 1.68 bits per heavy atom. The molecule has 0 unspecified atom stereocenters. The van der Waals surface area contributed by atoms with Crippen molar-refractivity contribution in [3.8, 4) is 5.75 Å². The molecule has 0 fully saturated rings. The van der Waals surface area contributed by atoms with Gasteiger partial charge in [-0.2, -0.15) is 17.6 Å². The zero-order valence-electron chi connectivity index (χ0n) is 10.6. The Balaban J connectivity index is 2.67. The van der Waals surface area contributed by atoms with Crippen LogP contribution >= 0.6 is 0 Å². The van der Waals surface area contributed by atoms with Crippen LogP contribution in [0.3, 0.4) is 0 Å². The molecule has 0 bridgehead atoms. The van der Waals surface area contributed by atoms with E-state index in [-0.39, 0.29) is 11.3 Å². The average Bonchev–Trinajstić information content (AvgIpc) is 2.37. The lowest BCUT2D eigenvalue weighted by Crippen LogP contribution is -2.47. The third-order valence-electron chi connectivity index (χ3n) is 2.49. The lowest BCUT2D eigenvalue weighted by Gasteiger charge is -2.28. The summed E-state index contributed by atoms with van der Waals surface area (Å²) in [6, 6.07) is 4.38. The van der Waals surface area contributed by atoms with E-state index < -0.39 is 40.3 Å². The number of aromatic hydroxyl groups is 1. The van der Waals surface area contributed by atoms with Crippen molar-refractivity contribution in [1.82, 2.24) is 0 Å². The molecule has 0 heterocycles. The van der Waals surface area contributed by atoms with Crippen LogP contribution in [-0.4, -0.2) is 41.8 Å². The van der Waals surface area contributed by atoms with Gasteiger partial charge < -0.3 is 14.4 Å². The van der Waals surface area contributed by atoms with E-state index in [1.54, 1.807) is 0 Å². The van der Waals surface area contributed by atoms with Crippen LogP contribution < -0.4 is 0 Å². The third-order valence-corrected chi connectivity index (χ3v) is 3.42. The Kier molecular flexibility index (Phi) is 5.03. The highest BCUT2D eigenvalue weighted by atomic mass is 32.2. The van der Waals surface area contributed by atoms with E-state index in [4.69, 9.17) is 5.11 Å². The first-order chi connectivity index (χ1) is 9.88. The second-order valence-corrected chi connectivity index (χ2v) is 5.53. The fraction of sp³-hybridized carbons (Fsp3) is 0.364. The molecule has 1 N–H and O–H groups in total. The topological polar surface area (TPSA) is 104 Å². The van der Waals surface area contributed by atoms with Crippen LogP contribution in [0.25, 0.3) is 0 Å². The first kappa shape index (κ1) is 18.2. The van der Waals surface area contributed by atoms with Crippen LogP contribution in [0.4, 0.5) is 17.6 Å². The smallest absolute Gasteiger partial charge is 0.396 e. The van der Waals surface area contributed by atoms with Gasteiger partial charge in [0.25, 0.3) is 0 Å². The van der Waals surface area contributed by atoms with Crippen LogP contribution in [-0.2, 0) is 14.9 Å². The maximum absolute atomic E-state index is 13.0. The van der Waals surface area contributed by atoms with E-state index in [1.165, 1.54) is 0 Å². The summed E-state index contributed by atoms with van der Waals surface area (Å²) in [4.78, 5) is 11.4. The number of carbonyl (C=O) groups is 1. The Labute approximate surface area is 122 Å². The minimum atomic E-state index is -6.57. The highest BCUT2D eigenvalue weighted by molar-refractivity contribution is 7.86. The number of phenolic OH excluding ortho intramolecular Hbond substituents is 1. The minimum absolute atomic E-state index is 0.149. The number of ether oxygens (including phenoxy) is 1. The van der Waals surface area contributed by atoms with Crippen molar-refractivity contribution in [2.45, 2.75) is 17.6 Å². The number of phenols is 1. The molecule has 0 radical (unpaired) electrons. The predicted octanol–water partition coefficient (Wildman–Crippen LogP) is 1.71. The predicted molar refractivity (Wildman–Crippen MR) is 62.6 cm³/mol. The standard InChI is InChI=1S/C11H10F4O6S/c12-10(13,11(14,15)22(18,19)20)5-6-21-9(17)7-1-3-8(16)4-2-7/h1-4,16H,5-6H2,(H,18,19,20)/p-1. The number of benzene rings is 1. The van der Waals surface area contributed by atoms with E-state index in [0.717, 1.165) is 24.3 Å². The van der Waals surface area contributed by atoms with Crippen molar-refractivity contribution in [3.05, 3.63) is 29.8 Å². The van der Waals surface area contributed by atoms with Crippen LogP contribution in [0.2, 0.25) is 0 Å². The molecular formula is C11H9F4O6S-. The molecular weight excluding hydrogens is 336 g/mol. The highest BCUT2D eigenvalue weighted by Gasteiger charge is 2.61. The van der Waals surface area contributed by atoms with Gasteiger partial charge in [-0.15, -0.1) is 0 Å². The van der Waals surface area contributed by atoms with Crippen molar-refractivity contribution in [2.75, 3.05) is 6.61 Å². The summed E-state index contributed by atoms with van der Waals surface area (Å²) in [5.74, 6) is -6.52. The van der Waals surface area contributed by atoms with Crippen molar-refractivity contribution in [3.63, 3.8) is 0 Å². The molecule has 0 aliphatic heterocycles. The summed E-state index contributed by atoms with van der Waals surface area (Å²) in [6.07, 6.45) is -1.86. The molecule has 6 nitrogen and oxygen atoms in total. The summed E-state index contributed by atoms with van der Waals surface area (Å²) < 4.78 is 86.3. The monoisotopic (exact) mass is 345 g/mol. The Bertz CT molecular complexity index is 641. The summed E-state index contributed by atoms with van der Waals surface area (Å²) >= 11 is 0. The van der Waals surface area contributed by atoms with Gasteiger partial charge in [0.2, 0.25) is 0 Å². The molecule has 1 rings (SSSR count). The van der Waals surface area contributed by atoms with Gasteiger partial charge in [0.1, 0.15) is 5.75 Å². The van der Waals surface area contributed by atoms with E-state index >= 15 is 0 Å². The van der Waals surface area contributed by atoms with Crippen LogP contribution in [0.1, 0.15) is 16.8 Å². The Morgan fingerprint density at radius 3 is 2.14 bits per heavy atom. The Morgan fingerprint density at radius 1 is 1.18 bits per heavy atom. The fourth-order valence-corrected chi connectivity index (χ4v) is 1.75. The molecule has 0 atom stereocenters. The van der Waals surface area contributed by atoms with Crippen molar-refractivity contribution in [1.29, 1.82) is 0 Å². The van der Waals surface area contributed by atoms with Crippen LogP contribution in [0.15, 0.2) is 24.3 Å². The number of rotatable bonds is 6. The number of halogens is 4. The van der Waals surface area contributed by atoms with Crippen LogP contribution in [0, 0.1) is 0 Å². The molecule has 1 aromatic rings. The molecule has 0 amide bonds. The molecule has 0 aliphatic carbocycles. The third kappa shape index (κ3) is 3.85. The van der Waals surface area contributed by atoms with Crippen molar-refractivity contribution < 1.29 is 45.2 Å². The van der Waals surface area contributed by atoms with Gasteiger partial charge >= 0.3 is 17.1 Å². The lowest BCUT2D eigenvalue weighted by molar-refractivity contribution is -0.168. The van der Waals surface area contributed by atoms with Gasteiger partial charge in [-0.05, 0) is 24.3 Å². The van der Waals surface area contributed by atoms with Gasteiger partial charge in [-0.25, -0.2) is 13.2 Å². The van der Waals surface area contributed by atoms with Gasteiger partial charge in [0, 0.05) is 0 Å². The molecule has 0 aromatic heterocycles. The first-order valence-electron chi connectivity index (χ1n) is 5.56. The minimum Gasteiger partial charge on any atom is -0.743 e. The second-order valence-electron chi connectivity index (χ2n) is 4.11. The summed E-state index contributed by atoms with van der Waals surface area (Å²) in [7, 11) is -6.57. The zero-order valence-corrected chi connectivity index (χ0v) is 11.4. The molecule has 0 saturated heterocycles. The number of hydrogen-bond donors (Lipinski definition) is 1. The molecule has 0 spiro atoms. The lowest BCUT2D eigenvalue weighted by atomic mass is 10.2. The van der Waals surface area contributed by atoms with Gasteiger partial charge in [-0.1, -0.05) is 0 Å². The SMILES string of the molecule is O=C(OCCC(F)(F)C(F)(F)S(=O)(=O)[O-])c1ccc(O)cc1. The van der Waals surface area contributed by atoms with Gasteiger partial charge in [-0.3, -0.25) is 0 Å². The van der Waals surface area contributed by atoms with E-state index in [0.29, 0.717) is 0 Å². The fourth-order valence-electron chi connectivity index (χ4n) is 1.28. The maximum Gasteiger partial charge on any atom is 0.396 e. The van der Waals surface area contributed by atoms with Gasteiger partial charge in [0.05, 0.1) is 18.6 Å². The van der Waals surface area contributed by atoms with Gasteiger partial charge in [0.15, 0.2) is 10.1 Å². The van der Waals surface area contributed by atoms with Crippen molar-refractivity contribution in [2.24, 2.45) is 0 Å². The summed E-state index contributed by atoms with van der Waals surface area (Å²) in [5.41, 5.74) is -0.149. The summed E-state index contributed by atoms with van der Waals surface area (Å²) in [5, 5.41) is 3.15. The molecule has 124 valence electrons.